The number of carbonyl (C=O) groups is 1. The monoisotopic (exact) mass is 372 g/mol. The number of rotatable bonds is 4. The smallest absolute Gasteiger partial charge is 0.257 e. The van der Waals surface area contributed by atoms with Crippen molar-refractivity contribution in [3.63, 3.8) is 0 Å². The molecule has 0 saturated heterocycles. The summed E-state index contributed by atoms with van der Waals surface area (Å²) in [6.45, 7) is 0.331. The molecule has 3 rings (SSSR count). The molecule has 0 fully saturated rings. The van der Waals surface area contributed by atoms with Gasteiger partial charge in [0.15, 0.2) is 0 Å². The van der Waals surface area contributed by atoms with Gasteiger partial charge >= 0.3 is 0 Å². The van der Waals surface area contributed by atoms with Crippen LogP contribution in [0.15, 0.2) is 71.7 Å². The van der Waals surface area contributed by atoms with Gasteiger partial charge in [0.1, 0.15) is 0 Å². The summed E-state index contributed by atoms with van der Waals surface area (Å²) in [5.41, 5.74) is 1.65. The van der Waals surface area contributed by atoms with Crippen LogP contribution in [0.4, 0.5) is 5.69 Å². The number of benzene rings is 2. The van der Waals surface area contributed by atoms with Crippen molar-refractivity contribution >= 4 is 34.8 Å². The number of hydrogen-bond acceptors (Lipinski definition) is 2. The van der Waals surface area contributed by atoms with Crippen molar-refractivity contribution in [1.29, 1.82) is 0 Å². The molecule has 0 saturated carbocycles. The first kappa shape index (κ1) is 17.3. The lowest BCUT2D eigenvalue weighted by atomic mass is 10.2. The predicted octanol–water partition coefficient (Wildman–Crippen LogP) is 4.46. The van der Waals surface area contributed by atoms with Crippen LogP contribution in [0.3, 0.4) is 0 Å². The van der Waals surface area contributed by atoms with Gasteiger partial charge in [-0.1, -0.05) is 41.4 Å². The molecule has 4 nitrogen and oxygen atoms in total. The summed E-state index contributed by atoms with van der Waals surface area (Å²) in [4.78, 5) is 24.5. The molecule has 3 aromatic rings. The Balaban J connectivity index is 1.83. The Bertz CT molecular complexity index is 983. The van der Waals surface area contributed by atoms with E-state index in [0.29, 0.717) is 27.8 Å². The Hall–Kier alpha value is -2.56. The average molecular weight is 373 g/mol. The SMILES string of the molecule is O=C(Nc1cccc(Cl)c1)c1ccc(=O)n(Cc2cccc(Cl)c2)c1. The summed E-state index contributed by atoms with van der Waals surface area (Å²) < 4.78 is 1.47. The molecule has 6 heteroatoms. The van der Waals surface area contributed by atoms with Crippen LogP contribution in [-0.4, -0.2) is 10.5 Å². The highest BCUT2D eigenvalue weighted by Crippen LogP contribution is 2.16. The second kappa shape index (κ2) is 7.55. The molecule has 2 aromatic carbocycles. The lowest BCUT2D eigenvalue weighted by Crippen LogP contribution is -2.22. The Labute approximate surface area is 154 Å². The van der Waals surface area contributed by atoms with Crippen LogP contribution in [0.1, 0.15) is 15.9 Å². The topological polar surface area (TPSA) is 51.1 Å². The van der Waals surface area contributed by atoms with Gasteiger partial charge in [0, 0.05) is 28.0 Å². The second-order valence-corrected chi connectivity index (χ2v) is 6.35. The van der Waals surface area contributed by atoms with Crippen LogP contribution in [0.5, 0.6) is 0 Å². The zero-order valence-electron chi connectivity index (χ0n) is 13.1. The fraction of sp³-hybridized carbons (Fsp3) is 0.0526. The highest BCUT2D eigenvalue weighted by molar-refractivity contribution is 6.31. The van der Waals surface area contributed by atoms with Gasteiger partial charge in [-0.2, -0.15) is 0 Å². The van der Waals surface area contributed by atoms with Crippen LogP contribution < -0.4 is 10.9 Å². The number of hydrogen-bond donors (Lipinski definition) is 1. The first-order chi connectivity index (χ1) is 12.0. The molecule has 126 valence electrons. The van der Waals surface area contributed by atoms with E-state index in [2.05, 4.69) is 5.32 Å². The zero-order chi connectivity index (χ0) is 17.8. The van der Waals surface area contributed by atoms with Gasteiger partial charge < -0.3 is 9.88 Å². The summed E-state index contributed by atoms with van der Waals surface area (Å²) in [6, 6.07) is 17.0. The fourth-order valence-corrected chi connectivity index (χ4v) is 2.79. The van der Waals surface area contributed by atoms with E-state index in [0.717, 1.165) is 5.56 Å². The van der Waals surface area contributed by atoms with Crippen molar-refractivity contribution < 1.29 is 4.79 Å². The number of carbonyl (C=O) groups excluding carboxylic acids is 1. The van der Waals surface area contributed by atoms with Crippen molar-refractivity contribution in [1.82, 2.24) is 4.57 Å². The fourth-order valence-electron chi connectivity index (χ4n) is 2.39. The number of nitrogens with zero attached hydrogens (tertiary/aromatic N) is 1. The number of anilines is 1. The third-order valence-electron chi connectivity index (χ3n) is 3.57. The van der Waals surface area contributed by atoms with Gasteiger partial charge in [-0.15, -0.1) is 0 Å². The highest BCUT2D eigenvalue weighted by Gasteiger charge is 2.09. The van der Waals surface area contributed by atoms with Gasteiger partial charge in [0.05, 0.1) is 12.1 Å². The van der Waals surface area contributed by atoms with Gasteiger partial charge in [0.2, 0.25) is 0 Å². The molecule has 0 radical (unpaired) electrons. The normalized spacial score (nSPS) is 10.5. The Morgan fingerprint density at radius 3 is 2.40 bits per heavy atom. The molecule has 0 atom stereocenters. The van der Waals surface area contributed by atoms with Gasteiger partial charge in [-0.25, -0.2) is 0 Å². The molecule has 1 N–H and O–H groups in total. The molecule has 25 heavy (non-hydrogen) atoms. The van der Waals surface area contributed by atoms with E-state index in [1.807, 2.05) is 12.1 Å². The number of aromatic nitrogens is 1. The quantitative estimate of drug-likeness (QED) is 0.734. The van der Waals surface area contributed by atoms with E-state index in [1.165, 1.54) is 22.9 Å². The average Bonchev–Trinajstić information content (AvgIpc) is 2.57. The molecule has 0 aliphatic heterocycles. The number of pyridine rings is 1. The van der Waals surface area contributed by atoms with E-state index in [-0.39, 0.29) is 11.5 Å². The molecule has 0 aliphatic rings. The van der Waals surface area contributed by atoms with Crippen LogP contribution >= 0.6 is 23.2 Å². The van der Waals surface area contributed by atoms with Gasteiger partial charge in [-0.3, -0.25) is 9.59 Å². The maximum Gasteiger partial charge on any atom is 0.257 e. The molecular weight excluding hydrogens is 359 g/mol. The van der Waals surface area contributed by atoms with E-state index < -0.39 is 0 Å². The lowest BCUT2D eigenvalue weighted by Gasteiger charge is -2.10. The molecule has 0 bridgehead atoms. The summed E-state index contributed by atoms with van der Waals surface area (Å²) >= 11 is 11.9. The first-order valence-electron chi connectivity index (χ1n) is 7.53. The van der Waals surface area contributed by atoms with Crippen LogP contribution in [0.2, 0.25) is 10.0 Å². The molecule has 1 heterocycles. The summed E-state index contributed by atoms with van der Waals surface area (Å²) in [5.74, 6) is -0.317. The van der Waals surface area contributed by atoms with Crippen LogP contribution in [0.25, 0.3) is 0 Å². The minimum atomic E-state index is -0.317. The molecule has 0 spiro atoms. The lowest BCUT2D eigenvalue weighted by molar-refractivity contribution is 0.102. The molecule has 1 aromatic heterocycles. The number of halogens is 2. The second-order valence-electron chi connectivity index (χ2n) is 5.48. The third kappa shape index (κ3) is 4.50. The number of amides is 1. The summed E-state index contributed by atoms with van der Waals surface area (Å²) in [7, 11) is 0. The minimum absolute atomic E-state index is 0.195. The van der Waals surface area contributed by atoms with Crippen LogP contribution in [0, 0.1) is 0 Å². The first-order valence-corrected chi connectivity index (χ1v) is 8.29. The maximum atomic E-state index is 12.4. The molecule has 1 amide bonds. The molecule has 0 unspecified atom stereocenters. The van der Waals surface area contributed by atoms with Gasteiger partial charge in [-0.05, 0) is 42.0 Å². The highest BCUT2D eigenvalue weighted by atomic mass is 35.5. The molecular formula is C19H14Cl2N2O2. The predicted molar refractivity (Wildman–Crippen MR) is 101 cm³/mol. The van der Waals surface area contributed by atoms with E-state index in [1.54, 1.807) is 36.4 Å². The van der Waals surface area contributed by atoms with E-state index in [9.17, 15) is 9.59 Å². The van der Waals surface area contributed by atoms with Crippen molar-refractivity contribution in [3.05, 3.63) is 98.4 Å². The largest absolute Gasteiger partial charge is 0.322 e. The van der Waals surface area contributed by atoms with Crippen molar-refractivity contribution in [3.8, 4) is 0 Å². The van der Waals surface area contributed by atoms with Crippen LogP contribution in [-0.2, 0) is 6.54 Å². The minimum Gasteiger partial charge on any atom is -0.322 e. The van der Waals surface area contributed by atoms with Crippen molar-refractivity contribution in [2.75, 3.05) is 5.32 Å². The number of nitrogens with one attached hydrogen (secondary N) is 1. The summed E-state index contributed by atoms with van der Waals surface area (Å²) in [5, 5.41) is 3.89. The zero-order valence-corrected chi connectivity index (χ0v) is 14.6. The third-order valence-corrected chi connectivity index (χ3v) is 4.04. The van der Waals surface area contributed by atoms with E-state index in [4.69, 9.17) is 23.2 Å². The Kier molecular flexibility index (Phi) is 5.22. The Morgan fingerprint density at radius 1 is 0.960 bits per heavy atom. The summed E-state index contributed by atoms with van der Waals surface area (Å²) in [6.07, 6.45) is 1.53. The van der Waals surface area contributed by atoms with Crippen molar-refractivity contribution in [2.45, 2.75) is 6.54 Å². The molecule has 0 aliphatic carbocycles. The maximum absolute atomic E-state index is 12.4. The van der Waals surface area contributed by atoms with E-state index >= 15 is 0 Å². The standard InChI is InChI=1S/C19H14Cl2N2O2/c20-15-4-1-3-13(9-15)11-23-12-14(7-8-18(23)24)19(25)22-17-6-2-5-16(21)10-17/h1-10,12H,11H2,(H,22,25). The van der Waals surface area contributed by atoms with Gasteiger partial charge in [0.25, 0.3) is 11.5 Å². The van der Waals surface area contributed by atoms with Crippen molar-refractivity contribution in [2.24, 2.45) is 0 Å². The Morgan fingerprint density at radius 2 is 1.68 bits per heavy atom.